The van der Waals surface area contributed by atoms with Crippen LogP contribution in [0.2, 0.25) is 0 Å². The molecule has 0 spiro atoms. The Kier molecular flexibility index (Phi) is 2.86. The summed E-state index contributed by atoms with van der Waals surface area (Å²) < 4.78 is 0. The molecule has 4 heavy (non-hydrogen) atoms. The summed E-state index contributed by atoms with van der Waals surface area (Å²) in [5.41, 5.74) is 1.46. The first-order chi connectivity index (χ1) is 1.91. The van der Waals surface area contributed by atoms with Gasteiger partial charge in [-0.15, -0.1) is 6.58 Å². The first kappa shape index (κ1) is 3.92. The lowest BCUT2D eigenvalue weighted by atomic mass is 11.3. The second-order valence-electron chi connectivity index (χ2n) is 0.455. The zero-order valence-electron chi connectivity index (χ0n) is 2.40. The first-order valence-electron chi connectivity index (χ1n) is 1.11. The molecule has 1 nitrogen and oxygen atoms in total. The van der Waals surface area contributed by atoms with Gasteiger partial charge in [0.2, 0.25) is 9.76 Å². The highest BCUT2D eigenvalue weighted by Gasteiger charge is 1.54. The lowest BCUT2D eigenvalue weighted by Crippen LogP contribution is -1.67. The molecule has 0 aromatic rings. The zero-order chi connectivity index (χ0) is 3.41. The maximum absolute atomic E-state index is 9.32. The van der Waals surface area contributed by atoms with E-state index in [1.807, 2.05) is 0 Å². The Morgan fingerprint density at radius 1 is 2.00 bits per heavy atom. The van der Waals surface area contributed by atoms with Crippen LogP contribution in [0.25, 0.3) is 0 Å². The lowest BCUT2D eigenvalue weighted by Gasteiger charge is -1.52. The highest BCUT2D eigenvalue weighted by Crippen LogP contribution is 1.42. The summed E-state index contributed by atoms with van der Waals surface area (Å²) >= 11 is 0. The van der Waals surface area contributed by atoms with Gasteiger partial charge < -0.3 is 4.80 Å². The molecule has 0 saturated heterocycles. The summed E-state index contributed by atoms with van der Waals surface area (Å²) in [6.07, 6.45) is 0. The van der Waals surface area contributed by atoms with Crippen LogP contribution in [0.15, 0.2) is 12.3 Å². The predicted octanol–water partition coefficient (Wildman–Crippen LogP) is -0.356. The first-order valence-corrected chi connectivity index (χ1v) is 2.50. The second kappa shape index (κ2) is 2.92. The standard InChI is InChI=1S/C2H5OSi/c1-2-4-3/h2H,1,4H2. The third-order valence-corrected chi connectivity index (χ3v) is 0.354. The molecule has 0 saturated carbocycles. The molecule has 0 atom stereocenters. The Morgan fingerprint density at radius 3 is 2.25 bits per heavy atom. The number of hydrogen-bond acceptors (Lipinski definition) is 0. The van der Waals surface area contributed by atoms with E-state index < -0.39 is 9.76 Å². The molecule has 1 radical (unpaired) electrons. The van der Waals surface area contributed by atoms with Gasteiger partial charge in [0, 0.05) is 0 Å². The van der Waals surface area contributed by atoms with Crippen LogP contribution in [0.1, 0.15) is 0 Å². The van der Waals surface area contributed by atoms with Gasteiger partial charge in [-0.2, -0.15) is 0 Å². The van der Waals surface area contributed by atoms with Crippen molar-refractivity contribution in [1.82, 2.24) is 0 Å². The van der Waals surface area contributed by atoms with E-state index in [1.54, 1.807) is 0 Å². The molecular weight excluding hydrogens is 68.1 g/mol. The summed E-state index contributed by atoms with van der Waals surface area (Å²) in [4.78, 5) is 9.32. The van der Waals surface area contributed by atoms with Gasteiger partial charge in [-0.1, -0.05) is 5.70 Å². The van der Waals surface area contributed by atoms with Crippen molar-refractivity contribution in [2.24, 2.45) is 0 Å². The summed E-state index contributed by atoms with van der Waals surface area (Å²) in [7, 11) is -1.06. The smallest absolute Gasteiger partial charge is 0.230 e. The maximum atomic E-state index is 9.32. The molecule has 0 heterocycles. The third kappa shape index (κ3) is 1.92. The minimum Gasteiger partial charge on any atom is -0.301 e. The van der Waals surface area contributed by atoms with Crippen LogP contribution in [0.3, 0.4) is 0 Å². The molecule has 0 amide bonds. The van der Waals surface area contributed by atoms with Crippen LogP contribution in [-0.2, 0) is 4.80 Å². The number of rotatable bonds is 1. The number of hydrogen-bond donors (Lipinski definition) is 0. The van der Waals surface area contributed by atoms with E-state index in [9.17, 15) is 4.80 Å². The Labute approximate surface area is 27.9 Å². The van der Waals surface area contributed by atoms with Crippen LogP contribution >= 0.6 is 0 Å². The minimum absolute atomic E-state index is 1.06. The molecule has 0 N–H and O–H groups in total. The Hall–Kier alpha value is -0.0831. The van der Waals surface area contributed by atoms with Crippen molar-refractivity contribution in [3.8, 4) is 0 Å². The minimum atomic E-state index is -1.06. The molecule has 0 bridgehead atoms. The van der Waals surface area contributed by atoms with Gasteiger partial charge in [0.15, 0.2) is 0 Å². The van der Waals surface area contributed by atoms with Crippen LogP contribution in [-0.4, -0.2) is 9.76 Å². The van der Waals surface area contributed by atoms with Crippen LogP contribution in [0.5, 0.6) is 0 Å². The van der Waals surface area contributed by atoms with E-state index in [0.29, 0.717) is 0 Å². The largest absolute Gasteiger partial charge is 0.301 e. The molecule has 0 fully saturated rings. The molecule has 0 unspecified atom stereocenters. The Bertz CT molecular complexity index is 20.0. The van der Waals surface area contributed by atoms with Crippen molar-refractivity contribution in [2.75, 3.05) is 0 Å². The molecular formula is C2H5OSi. The van der Waals surface area contributed by atoms with Crippen molar-refractivity contribution in [1.29, 1.82) is 0 Å². The maximum Gasteiger partial charge on any atom is 0.230 e. The average Bonchev–Trinajstić information content (AvgIpc) is 1.37. The van der Waals surface area contributed by atoms with Gasteiger partial charge in [-0.25, -0.2) is 0 Å². The van der Waals surface area contributed by atoms with Gasteiger partial charge in [-0.3, -0.25) is 0 Å². The van der Waals surface area contributed by atoms with Gasteiger partial charge in [0.25, 0.3) is 0 Å². The zero-order valence-corrected chi connectivity index (χ0v) is 3.81. The highest BCUT2D eigenvalue weighted by atomic mass is 28.2. The lowest BCUT2D eigenvalue weighted by molar-refractivity contribution is 0.483. The molecule has 0 aliphatic carbocycles. The van der Waals surface area contributed by atoms with Crippen LogP contribution in [0.4, 0.5) is 0 Å². The van der Waals surface area contributed by atoms with Crippen molar-refractivity contribution in [3.05, 3.63) is 12.3 Å². The summed E-state index contributed by atoms with van der Waals surface area (Å²) in [5.74, 6) is 0. The molecule has 2 heteroatoms. The Balaban J connectivity index is 2.30. The van der Waals surface area contributed by atoms with Crippen molar-refractivity contribution < 1.29 is 4.80 Å². The second-order valence-corrected chi connectivity index (χ2v) is 1.37. The van der Waals surface area contributed by atoms with Gasteiger partial charge >= 0.3 is 0 Å². The third-order valence-electron chi connectivity index (χ3n) is 0.118. The van der Waals surface area contributed by atoms with E-state index in [0.717, 1.165) is 0 Å². The Morgan fingerprint density at radius 2 is 2.25 bits per heavy atom. The molecule has 0 aliphatic rings. The topological polar surface area (TPSA) is 19.9 Å². The van der Waals surface area contributed by atoms with E-state index in [2.05, 4.69) is 6.58 Å². The molecule has 0 aliphatic heterocycles. The fourth-order valence-corrected chi connectivity index (χ4v) is 0. The van der Waals surface area contributed by atoms with Gasteiger partial charge in [-0.05, 0) is 0 Å². The van der Waals surface area contributed by atoms with Crippen LogP contribution < -0.4 is 0 Å². The van der Waals surface area contributed by atoms with Crippen molar-refractivity contribution in [3.63, 3.8) is 0 Å². The quantitative estimate of drug-likeness (QED) is 0.378. The van der Waals surface area contributed by atoms with Gasteiger partial charge in [0.1, 0.15) is 0 Å². The van der Waals surface area contributed by atoms with Gasteiger partial charge in [0.05, 0.1) is 0 Å². The normalized spacial score (nSPS) is 9.25. The van der Waals surface area contributed by atoms with Crippen molar-refractivity contribution in [2.45, 2.75) is 0 Å². The summed E-state index contributed by atoms with van der Waals surface area (Å²) in [5, 5.41) is 0. The molecule has 0 aromatic heterocycles. The molecule has 0 aromatic carbocycles. The van der Waals surface area contributed by atoms with E-state index in [4.69, 9.17) is 0 Å². The molecule has 0 rings (SSSR count). The summed E-state index contributed by atoms with van der Waals surface area (Å²) in [6, 6.07) is 0. The van der Waals surface area contributed by atoms with E-state index in [-0.39, 0.29) is 0 Å². The predicted molar refractivity (Wildman–Crippen MR) is 19.4 cm³/mol. The average molecular weight is 73.1 g/mol. The molecule has 23 valence electrons. The van der Waals surface area contributed by atoms with E-state index in [1.165, 1.54) is 5.70 Å². The van der Waals surface area contributed by atoms with Crippen molar-refractivity contribution >= 4 is 9.76 Å². The summed E-state index contributed by atoms with van der Waals surface area (Å²) in [6.45, 7) is 3.23. The monoisotopic (exact) mass is 73.0 g/mol. The highest BCUT2D eigenvalue weighted by molar-refractivity contribution is 6.31. The van der Waals surface area contributed by atoms with E-state index >= 15 is 0 Å². The fraction of sp³-hybridized carbons (Fsp3) is 0. The fourth-order valence-electron chi connectivity index (χ4n) is 0. The SMILES string of the molecule is C=C[SiH2][O]. The van der Waals surface area contributed by atoms with Crippen LogP contribution in [0, 0.1) is 0 Å².